The molecule has 1 aromatic carbocycles. The van der Waals surface area contributed by atoms with Crippen molar-refractivity contribution in [3.8, 4) is 6.07 Å². The van der Waals surface area contributed by atoms with Crippen LogP contribution in [-0.2, 0) is 0 Å². The van der Waals surface area contributed by atoms with Crippen molar-refractivity contribution in [1.82, 2.24) is 4.98 Å². The van der Waals surface area contributed by atoms with Gasteiger partial charge in [-0.3, -0.25) is 4.79 Å². The van der Waals surface area contributed by atoms with Crippen LogP contribution < -0.4 is 5.32 Å². The summed E-state index contributed by atoms with van der Waals surface area (Å²) in [5.41, 5.74) is 2.97. The lowest BCUT2D eigenvalue weighted by Gasteiger charge is -2.09. The van der Waals surface area contributed by atoms with Crippen molar-refractivity contribution in [3.05, 3.63) is 58.8 Å². The molecule has 0 unspecified atom stereocenters. The third-order valence-electron chi connectivity index (χ3n) is 2.84. The van der Waals surface area contributed by atoms with Crippen LogP contribution >= 0.6 is 0 Å². The fraction of sp³-hybridized carbons (Fsp3) is 0.133. The van der Waals surface area contributed by atoms with Crippen molar-refractivity contribution in [2.75, 3.05) is 5.32 Å². The van der Waals surface area contributed by atoms with Gasteiger partial charge in [0.15, 0.2) is 0 Å². The minimum atomic E-state index is -0.187. The number of rotatable bonds is 2. The summed E-state index contributed by atoms with van der Waals surface area (Å²) in [6.45, 7) is 3.79. The summed E-state index contributed by atoms with van der Waals surface area (Å²) >= 11 is 0. The average molecular weight is 251 g/mol. The van der Waals surface area contributed by atoms with Crippen molar-refractivity contribution in [2.24, 2.45) is 0 Å². The maximum absolute atomic E-state index is 12.2. The summed E-state index contributed by atoms with van der Waals surface area (Å²) in [5.74, 6) is 0.250. The number of nitrogens with one attached hydrogen (secondary N) is 1. The lowest BCUT2D eigenvalue weighted by atomic mass is 10.0. The number of pyridine rings is 1. The molecular formula is C15H13N3O. The smallest absolute Gasteiger partial charge is 0.257 e. The topological polar surface area (TPSA) is 65.8 Å². The van der Waals surface area contributed by atoms with Gasteiger partial charge in [0.1, 0.15) is 11.9 Å². The molecule has 1 amide bonds. The number of hydrogen-bond acceptors (Lipinski definition) is 3. The predicted octanol–water partition coefficient (Wildman–Crippen LogP) is 2.82. The Morgan fingerprint density at radius 1 is 1.21 bits per heavy atom. The second-order valence-corrected chi connectivity index (χ2v) is 4.26. The minimum absolute atomic E-state index is 0.187. The summed E-state index contributed by atoms with van der Waals surface area (Å²) in [4.78, 5) is 16.2. The molecule has 0 saturated heterocycles. The summed E-state index contributed by atoms with van der Waals surface area (Å²) < 4.78 is 0. The SMILES string of the molecule is Cc1cccc(C)c1C(=O)Nc1ccc(C#N)cn1. The Bertz CT molecular complexity index is 634. The van der Waals surface area contributed by atoms with Crippen molar-refractivity contribution < 1.29 is 4.79 Å². The van der Waals surface area contributed by atoms with Crippen molar-refractivity contribution >= 4 is 11.7 Å². The second kappa shape index (κ2) is 5.32. The van der Waals surface area contributed by atoms with Gasteiger partial charge in [0.25, 0.3) is 5.91 Å². The van der Waals surface area contributed by atoms with Crippen molar-refractivity contribution in [2.45, 2.75) is 13.8 Å². The number of nitriles is 1. The first-order valence-corrected chi connectivity index (χ1v) is 5.85. The first-order valence-electron chi connectivity index (χ1n) is 5.85. The number of aryl methyl sites for hydroxylation is 2. The molecule has 1 heterocycles. The van der Waals surface area contributed by atoms with E-state index in [-0.39, 0.29) is 5.91 Å². The maximum atomic E-state index is 12.2. The van der Waals surface area contributed by atoms with Gasteiger partial charge in [0, 0.05) is 11.8 Å². The van der Waals surface area contributed by atoms with E-state index in [0.717, 1.165) is 11.1 Å². The Morgan fingerprint density at radius 3 is 2.42 bits per heavy atom. The van der Waals surface area contributed by atoms with E-state index in [1.807, 2.05) is 38.1 Å². The summed E-state index contributed by atoms with van der Waals surface area (Å²) in [5, 5.41) is 11.4. The van der Waals surface area contributed by atoms with Crippen LogP contribution in [0.25, 0.3) is 0 Å². The van der Waals surface area contributed by atoms with Crippen LogP contribution in [-0.4, -0.2) is 10.9 Å². The van der Waals surface area contributed by atoms with Crippen LogP contribution in [0.3, 0.4) is 0 Å². The zero-order chi connectivity index (χ0) is 13.8. The number of benzene rings is 1. The maximum Gasteiger partial charge on any atom is 0.257 e. The highest BCUT2D eigenvalue weighted by atomic mass is 16.1. The molecule has 2 aromatic rings. The zero-order valence-corrected chi connectivity index (χ0v) is 10.8. The van der Waals surface area contributed by atoms with Gasteiger partial charge in [0.05, 0.1) is 5.56 Å². The molecule has 0 aliphatic heterocycles. The summed E-state index contributed by atoms with van der Waals surface area (Å²) in [7, 11) is 0. The van der Waals surface area contributed by atoms with Gasteiger partial charge in [-0.05, 0) is 37.1 Å². The third-order valence-corrected chi connectivity index (χ3v) is 2.84. The highest BCUT2D eigenvalue weighted by Gasteiger charge is 2.12. The van der Waals surface area contributed by atoms with Crippen molar-refractivity contribution in [3.63, 3.8) is 0 Å². The number of carbonyl (C=O) groups excluding carboxylic acids is 1. The molecule has 94 valence electrons. The normalized spacial score (nSPS) is 9.74. The van der Waals surface area contributed by atoms with Gasteiger partial charge in [0.2, 0.25) is 0 Å². The molecule has 0 aliphatic rings. The molecule has 0 atom stereocenters. The number of hydrogen-bond donors (Lipinski definition) is 1. The quantitative estimate of drug-likeness (QED) is 0.892. The first-order chi connectivity index (χ1) is 9.11. The van der Waals surface area contributed by atoms with E-state index in [4.69, 9.17) is 5.26 Å². The van der Waals surface area contributed by atoms with Crippen LogP contribution in [0.4, 0.5) is 5.82 Å². The molecule has 4 nitrogen and oxygen atoms in total. The van der Waals surface area contributed by atoms with Crippen LogP contribution in [0.2, 0.25) is 0 Å². The molecule has 0 saturated carbocycles. The van der Waals surface area contributed by atoms with E-state index in [1.165, 1.54) is 6.20 Å². The van der Waals surface area contributed by atoms with Gasteiger partial charge in [-0.15, -0.1) is 0 Å². The van der Waals surface area contributed by atoms with Crippen molar-refractivity contribution in [1.29, 1.82) is 5.26 Å². The predicted molar refractivity (Wildman–Crippen MR) is 72.8 cm³/mol. The van der Waals surface area contributed by atoms with E-state index < -0.39 is 0 Å². The zero-order valence-electron chi connectivity index (χ0n) is 10.8. The Hall–Kier alpha value is -2.67. The molecule has 2 rings (SSSR count). The van der Waals surface area contributed by atoms with Crippen LogP contribution in [0.1, 0.15) is 27.0 Å². The molecule has 1 aromatic heterocycles. The molecule has 0 bridgehead atoms. The fourth-order valence-corrected chi connectivity index (χ4v) is 1.89. The minimum Gasteiger partial charge on any atom is -0.307 e. The van der Waals surface area contributed by atoms with E-state index in [0.29, 0.717) is 16.9 Å². The Balaban J connectivity index is 2.23. The summed E-state index contributed by atoms with van der Waals surface area (Å²) in [6, 6.07) is 10.9. The largest absolute Gasteiger partial charge is 0.307 e. The number of carbonyl (C=O) groups is 1. The molecule has 1 N–H and O–H groups in total. The van der Waals surface area contributed by atoms with Gasteiger partial charge >= 0.3 is 0 Å². The molecule has 19 heavy (non-hydrogen) atoms. The lowest BCUT2D eigenvalue weighted by Crippen LogP contribution is -2.15. The monoisotopic (exact) mass is 251 g/mol. The third kappa shape index (κ3) is 2.78. The number of aromatic nitrogens is 1. The number of nitrogens with zero attached hydrogens (tertiary/aromatic N) is 2. The molecule has 0 radical (unpaired) electrons. The number of anilines is 1. The lowest BCUT2D eigenvalue weighted by molar-refractivity contribution is 0.102. The first kappa shape index (κ1) is 12.8. The Labute approximate surface area is 111 Å². The molecule has 0 spiro atoms. The molecule has 0 aliphatic carbocycles. The van der Waals surface area contributed by atoms with Gasteiger partial charge < -0.3 is 5.32 Å². The van der Waals surface area contributed by atoms with Crippen LogP contribution in [0.15, 0.2) is 36.5 Å². The molecular weight excluding hydrogens is 238 g/mol. The summed E-state index contributed by atoms with van der Waals surface area (Å²) in [6.07, 6.45) is 1.43. The van der Waals surface area contributed by atoms with E-state index in [2.05, 4.69) is 10.3 Å². The van der Waals surface area contributed by atoms with Crippen LogP contribution in [0.5, 0.6) is 0 Å². The molecule has 0 fully saturated rings. The standard InChI is InChI=1S/C15H13N3O/c1-10-4-3-5-11(2)14(10)15(19)18-13-7-6-12(8-16)9-17-13/h3-7,9H,1-2H3,(H,17,18,19). The highest BCUT2D eigenvalue weighted by Crippen LogP contribution is 2.15. The van der Waals surface area contributed by atoms with Gasteiger partial charge in [-0.25, -0.2) is 4.98 Å². The Morgan fingerprint density at radius 2 is 1.89 bits per heavy atom. The Kier molecular flexibility index (Phi) is 3.58. The van der Waals surface area contributed by atoms with E-state index in [1.54, 1.807) is 12.1 Å². The van der Waals surface area contributed by atoms with Gasteiger partial charge in [-0.1, -0.05) is 18.2 Å². The van der Waals surface area contributed by atoms with E-state index >= 15 is 0 Å². The van der Waals surface area contributed by atoms with Crippen LogP contribution in [0, 0.1) is 25.2 Å². The van der Waals surface area contributed by atoms with Gasteiger partial charge in [-0.2, -0.15) is 5.26 Å². The number of amides is 1. The highest BCUT2D eigenvalue weighted by molar-refractivity contribution is 6.05. The average Bonchev–Trinajstić information content (AvgIpc) is 2.39. The fourth-order valence-electron chi connectivity index (χ4n) is 1.89. The van der Waals surface area contributed by atoms with E-state index in [9.17, 15) is 4.79 Å². The second-order valence-electron chi connectivity index (χ2n) is 4.26. The molecule has 4 heteroatoms.